The summed E-state index contributed by atoms with van der Waals surface area (Å²) in [7, 11) is 0. The maximum absolute atomic E-state index is 13.2. The Morgan fingerprint density at radius 3 is 2.78 bits per heavy atom. The van der Waals surface area contributed by atoms with Crippen LogP contribution < -0.4 is 10.5 Å². The molecular formula is C21H23N3O2S. The van der Waals surface area contributed by atoms with E-state index in [4.69, 9.17) is 10.5 Å². The minimum Gasteiger partial charge on any atom is -0.492 e. The fourth-order valence-corrected chi connectivity index (χ4v) is 3.41. The van der Waals surface area contributed by atoms with Crippen molar-refractivity contribution in [2.24, 2.45) is 5.73 Å². The number of rotatable bonds is 8. The topological polar surface area (TPSA) is 68.5 Å². The van der Waals surface area contributed by atoms with Gasteiger partial charge in [-0.1, -0.05) is 12.1 Å². The number of benzene rings is 1. The summed E-state index contributed by atoms with van der Waals surface area (Å²) in [6, 6.07) is 11.5. The highest BCUT2D eigenvalue weighted by atomic mass is 32.1. The molecule has 0 fully saturated rings. The number of pyridine rings is 1. The fraction of sp³-hybridized carbons (Fsp3) is 0.238. The van der Waals surface area contributed by atoms with Crippen LogP contribution in [0.2, 0.25) is 0 Å². The summed E-state index contributed by atoms with van der Waals surface area (Å²) >= 11 is 1.63. The van der Waals surface area contributed by atoms with Crippen molar-refractivity contribution in [2.45, 2.75) is 20.0 Å². The SMILES string of the molecule is Cc1ccc(C(=O)N(Cc2cccnc2)Cc2ccsc2)cc1OCCN. The Morgan fingerprint density at radius 1 is 1.22 bits per heavy atom. The van der Waals surface area contributed by atoms with Gasteiger partial charge in [0.15, 0.2) is 0 Å². The van der Waals surface area contributed by atoms with Gasteiger partial charge in [-0.3, -0.25) is 9.78 Å². The highest BCUT2D eigenvalue weighted by Gasteiger charge is 2.18. The van der Waals surface area contributed by atoms with Gasteiger partial charge in [-0.25, -0.2) is 0 Å². The number of nitrogens with zero attached hydrogens (tertiary/aromatic N) is 2. The van der Waals surface area contributed by atoms with E-state index in [-0.39, 0.29) is 5.91 Å². The molecule has 0 aliphatic carbocycles. The molecule has 2 aromatic heterocycles. The van der Waals surface area contributed by atoms with Gasteiger partial charge in [-0.05, 0) is 58.6 Å². The largest absolute Gasteiger partial charge is 0.492 e. The number of aromatic nitrogens is 1. The van der Waals surface area contributed by atoms with Crippen LogP contribution in [0.15, 0.2) is 59.6 Å². The first-order valence-corrected chi connectivity index (χ1v) is 9.74. The van der Waals surface area contributed by atoms with Crippen molar-refractivity contribution < 1.29 is 9.53 Å². The molecule has 3 rings (SSSR count). The maximum atomic E-state index is 13.2. The van der Waals surface area contributed by atoms with E-state index < -0.39 is 0 Å². The molecule has 3 aromatic rings. The minimum atomic E-state index is -0.0392. The zero-order valence-electron chi connectivity index (χ0n) is 15.3. The first kappa shape index (κ1) is 19.1. The normalized spacial score (nSPS) is 10.6. The summed E-state index contributed by atoms with van der Waals surface area (Å²) in [6.07, 6.45) is 3.52. The monoisotopic (exact) mass is 381 g/mol. The molecule has 2 heterocycles. The van der Waals surface area contributed by atoms with Crippen molar-refractivity contribution in [3.8, 4) is 5.75 Å². The molecule has 0 bridgehead atoms. The van der Waals surface area contributed by atoms with E-state index in [0.29, 0.717) is 37.6 Å². The Bertz CT molecular complexity index is 866. The predicted molar refractivity (Wildman–Crippen MR) is 108 cm³/mol. The van der Waals surface area contributed by atoms with E-state index in [2.05, 4.69) is 10.4 Å². The van der Waals surface area contributed by atoms with Crippen molar-refractivity contribution in [1.29, 1.82) is 0 Å². The van der Waals surface area contributed by atoms with E-state index in [1.807, 2.05) is 47.5 Å². The van der Waals surface area contributed by atoms with Crippen molar-refractivity contribution in [3.05, 3.63) is 81.8 Å². The summed E-state index contributed by atoms with van der Waals surface area (Å²) < 4.78 is 5.68. The van der Waals surface area contributed by atoms with Gasteiger partial charge in [0.1, 0.15) is 12.4 Å². The van der Waals surface area contributed by atoms with E-state index in [9.17, 15) is 4.79 Å². The van der Waals surface area contributed by atoms with E-state index in [1.54, 1.807) is 29.8 Å². The summed E-state index contributed by atoms with van der Waals surface area (Å²) in [4.78, 5) is 19.2. The number of aryl methyl sites for hydroxylation is 1. The van der Waals surface area contributed by atoms with Crippen LogP contribution in [0.25, 0.3) is 0 Å². The molecule has 0 saturated carbocycles. The highest BCUT2D eigenvalue weighted by molar-refractivity contribution is 7.07. The van der Waals surface area contributed by atoms with Gasteiger partial charge < -0.3 is 15.4 Å². The molecule has 0 radical (unpaired) electrons. The summed E-state index contributed by atoms with van der Waals surface area (Å²) in [5, 5.41) is 4.08. The van der Waals surface area contributed by atoms with Crippen LogP contribution in [0.1, 0.15) is 27.0 Å². The van der Waals surface area contributed by atoms with Crippen molar-refractivity contribution in [2.75, 3.05) is 13.2 Å². The number of carbonyl (C=O) groups excluding carboxylic acids is 1. The van der Waals surface area contributed by atoms with Crippen molar-refractivity contribution >= 4 is 17.2 Å². The standard InChI is InChI=1S/C21H23N3O2S/c1-16-4-5-19(11-20(16)26-9-7-22)21(25)24(14-18-6-10-27-15-18)13-17-3-2-8-23-12-17/h2-6,8,10-12,15H,7,9,13-14,22H2,1H3. The van der Waals surface area contributed by atoms with Gasteiger partial charge in [-0.2, -0.15) is 11.3 Å². The van der Waals surface area contributed by atoms with Crippen molar-refractivity contribution in [3.63, 3.8) is 0 Å². The van der Waals surface area contributed by atoms with Gasteiger partial charge in [0.2, 0.25) is 0 Å². The third-order valence-electron chi connectivity index (χ3n) is 4.15. The third-order valence-corrected chi connectivity index (χ3v) is 4.88. The quantitative estimate of drug-likeness (QED) is 0.647. The number of nitrogens with two attached hydrogens (primary N) is 1. The molecule has 0 spiro atoms. The second-order valence-electron chi connectivity index (χ2n) is 6.27. The van der Waals surface area contributed by atoms with Crippen LogP contribution in [0.3, 0.4) is 0 Å². The van der Waals surface area contributed by atoms with Gasteiger partial charge in [0.05, 0.1) is 0 Å². The Kier molecular flexibility index (Phi) is 6.57. The zero-order chi connectivity index (χ0) is 19.1. The summed E-state index contributed by atoms with van der Waals surface area (Å²) in [5.74, 6) is 0.658. The van der Waals surface area contributed by atoms with E-state index in [1.165, 1.54) is 0 Å². The molecule has 0 aliphatic rings. The fourth-order valence-electron chi connectivity index (χ4n) is 2.75. The smallest absolute Gasteiger partial charge is 0.254 e. The molecule has 5 nitrogen and oxygen atoms in total. The molecule has 1 aromatic carbocycles. The summed E-state index contributed by atoms with van der Waals surface area (Å²) in [5.41, 5.74) is 9.22. The summed E-state index contributed by atoms with van der Waals surface area (Å²) in [6.45, 7) is 3.86. The second kappa shape index (κ2) is 9.30. The Hall–Kier alpha value is -2.70. The lowest BCUT2D eigenvalue weighted by atomic mass is 10.1. The molecule has 0 atom stereocenters. The molecule has 0 unspecified atom stereocenters. The minimum absolute atomic E-state index is 0.0392. The number of carbonyl (C=O) groups is 1. The van der Waals surface area contributed by atoms with E-state index in [0.717, 1.165) is 16.7 Å². The van der Waals surface area contributed by atoms with E-state index >= 15 is 0 Å². The molecule has 1 amide bonds. The predicted octanol–water partition coefficient (Wildman–Crippen LogP) is 3.63. The number of thiophene rings is 1. The lowest BCUT2D eigenvalue weighted by Gasteiger charge is -2.23. The molecular weight excluding hydrogens is 358 g/mol. The Balaban J connectivity index is 1.85. The van der Waals surface area contributed by atoms with Crippen LogP contribution in [-0.2, 0) is 13.1 Å². The molecule has 0 aliphatic heterocycles. The Morgan fingerprint density at radius 2 is 2.07 bits per heavy atom. The zero-order valence-corrected chi connectivity index (χ0v) is 16.1. The average molecular weight is 382 g/mol. The van der Waals surface area contributed by atoms with Gasteiger partial charge >= 0.3 is 0 Å². The average Bonchev–Trinajstić information content (AvgIpc) is 3.20. The lowest BCUT2D eigenvalue weighted by Crippen LogP contribution is -2.30. The van der Waals surface area contributed by atoms with Gasteiger partial charge in [-0.15, -0.1) is 0 Å². The maximum Gasteiger partial charge on any atom is 0.254 e. The number of amides is 1. The molecule has 140 valence electrons. The first-order valence-electron chi connectivity index (χ1n) is 8.80. The van der Waals surface area contributed by atoms with Crippen LogP contribution in [-0.4, -0.2) is 28.9 Å². The Labute approximate surface area is 163 Å². The molecule has 6 heteroatoms. The van der Waals surface area contributed by atoms with Crippen LogP contribution >= 0.6 is 11.3 Å². The van der Waals surface area contributed by atoms with Gasteiger partial charge in [0.25, 0.3) is 5.91 Å². The number of hydrogen-bond donors (Lipinski definition) is 1. The van der Waals surface area contributed by atoms with Crippen LogP contribution in [0.4, 0.5) is 0 Å². The molecule has 2 N–H and O–H groups in total. The molecule has 27 heavy (non-hydrogen) atoms. The van der Waals surface area contributed by atoms with Crippen LogP contribution in [0, 0.1) is 6.92 Å². The third kappa shape index (κ3) is 5.15. The number of hydrogen-bond acceptors (Lipinski definition) is 5. The van der Waals surface area contributed by atoms with Gasteiger partial charge in [0, 0.05) is 37.6 Å². The van der Waals surface area contributed by atoms with Crippen molar-refractivity contribution in [1.82, 2.24) is 9.88 Å². The first-order chi connectivity index (χ1) is 13.2. The second-order valence-corrected chi connectivity index (χ2v) is 7.05. The number of ether oxygens (including phenoxy) is 1. The highest BCUT2D eigenvalue weighted by Crippen LogP contribution is 2.22. The van der Waals surface area contributed by atoms with Crippen LogP contribution in [0.5, 0.6) is 5.75 Å². The molecule has 0 saturated heterocycles. The lowest BCUT2D eigenvalue weighted by molar-refractivity contribution is 0.0729.